The molecule has 1 aromatic rings. The average molecular weight is 353 g/mol. The van der Waals surface area contributed by atoms with Crippen molar-refractivity contribution in [2.75, 3.05) is 39.5 Å². The Bertz CT molecular complexity index is 500. The van der Waals surface area contributed by atoms with Crippen molar-refractivity contribution in [1.82, 2.24) is 20.8 Å². The normalized spacial score (nSPS) is 17.8. The van der Waals surface area contributed by atoms with E-state index in [-0.39, 0.29) is 0 Å². The van der Waals surface area contributed by atoms with Crippen molar-refractivity contribution in [3.05, 3.63) is 11.7 Å². The largest absolute Gasteiger partial charge is 0.379 e. The van der Waals surface area contributed by atoms with E-state index in [1.54, 1.807) is 0 Å². The van der Waals surface area contributed by atoms with Gasteiger partial charge in [0.1, 0.15) is 0 Å². The number of rotatable bonds is 11. The Balaban J connectivity index is 1.53. The molecule has 0 amide bonds. The molecule has 142 valence electrons. The Morgan fingerprint density at radius 1 is 1.36 bits per heavy atom. The average Bonchev–Trinajstić information content (AvgIpc) is 3.26. The molecule has 0 radical (unpaired) electrons. The van der Waals surface area contributed by atoms with Crippen LogP contribution in [-0.2, 0) is 15.9 Å². The summed E-state index contributed by atoms with van der Waals surface area (Å²) in [6.07, 6.45) is 5.15. The van der Waals surface area contributed by atoms with Gasteiger partial charge in [-0.15, -0.1) is 0 Å². The van der Waals surface area contributed by atoms with E-state index in [1.807, 2.05) is 6.92 Å². The fourth-order valence-electron chi connectivity index (χ4n) is 2.58. The van der Waals surface area contributed by atoms with Gasteiger partial charge in [0, 0.05) is 39.3 Å². The second-order valence-corrected chi connectivity index (χ2v) is 6.09. The number of aromatic nitrogens is 2. The Morgan fingerprint density at radius 2 is 2.28 bits per heavy atom. The lowest BCUT2D eigenvalue weighted by Gasteiger charge is -2.12. The molecule has 1 saturated heterocycles. The van der Waals surface area contributed by atoms with Gasteiger partial charge >= 0.3 is 0 Å². The molecular weight excluding hydrogens is 322 g/mol. The van der Waals surface area contributed by atoms with E-state index in [2.05, 4.69) is 32.7 Å². The number of nitrogens with one attached hydrogen (secondary N) is 2. The lowest BCUT2D eigenvalue weighted by molar-refractivity contribution is 0.0168. The van der Waals surface area contributed by atoms with Gasteiger partial charge in [0.25, 0.3) is 0 Å². The smallest absolute Gasteiger partial charge is 0.226 e. The SMILES string of the molecule is CCNC(=NCCCc1nc(C)no1)NCCCOCC1CCCO1. The van der Waals surface area contributed by atoms with Crippen LogP contribution in [0.2, 0.25) is 0 Å². The number of aryl methyl sites for hydroxylation is 2. The van der Waals surface area contributed by atoms with Crippen LogP contribution in [0.15, 0.2) is 9.52 Å². The van der Waals surface area contributed by atoms with E-state index < -0.39 is 0 Å². The zero-order valence-electron chi connectivity index (χ0n) is 15.4. The summed E-state index contributed by atoms with van der Waals surface area (Å²) in [6.45, 7) is 8.60. The first-order valence-electron chi connectivity index (χ1n) is 9.28. The van der Waals surface area contributed by atoms with Crippen LogP contribution in [0, 0.1) is 6.92 Å². The maximum absolute atomic E-state index is 5.66. The zero-order valence-corrected chi connectivity index (χ0v) is 15.4. The van der Waals surface area contributed by atoms with Crippen LogP contribution in [0.5, 0.6) is 0 Å². The summed E-state index contributed by atoms with van der Waals surface area (Å²) in [6, 6.07) is 0. The van der Waals surface area contributed by atoms with E-state index in [1.165, 1.54) is 0 Å². The van der Waals surface area contributed by atoms with Crippen molar-refractivity contribution in [2.24, 2.45) is 4.99 Å². The predicted molar refractivity (Wildman–Crippen MR) is 95.7 cm³/mol. The first-order chi connectivity index (χ1) is 12.3. The summed E-state index contributed by atoms with van der Waals surface area (Å²) in [4.78, 5) is 8.75. The van der Waals surface area contributed by atoms with Crippen molar-refractivity contribution in [1.29, 1.82) is 0 Å². The summed E-state index contributed by atoms with van der Waals surface area (Å²) in [5, 5.41) is 10.4. The Kier molecular flexibility index (Phi) is 9.28. The number of nitrogens with zero attached hydrogens (tertiary/aromatic N) is 3. The first kappa shape index (κ1) is 19.7. The van der Waals surface area contributed by atoms with E-state index in [0.717, 1.165) is 64.4 Å². The van der Waals surface area contributed by atoms with Crippen LogP contribution in [0.25, 0.3) is 0 Å². The van der Waals surface area contributed by atoms with Gasteiger partial charge in [0.2, 0.25) is 5.89 Å². The third-order valence-electron chi connectivity index (χ3n) is 3.82. The summed E-state index contributed by atoms with van der Waals surface area (Å²) in [7, 11) is 0. The molecule has 8 heteroatoms. The minimum absolute atomic E-state index is 0.300. The van der Waals surface area contributed by atoms with Crippen molar-refractivity contribution < 1.29 is 14.0 Å². The fourth-order valence-corrected chi connectivity index (χ4v) is 2.58. The molecule has 1 aliphatic heterocycles. The molecule has 25 heavy (non-hydrogen) atoms. The highest BCUT2D eigenvalue weighted by molar-refractivity contribution is 5.79. The molecule has 2 N–H and O–H groups in total. The number of aliphatic imine (C=N–C) groups is 1. The Morgan fingerprint density at radius 3 is 3.00 bits per heavy atom. The molecular formula is C17H31N5O3. The number of hydrogen-bond acceptors (Lipinski definition) is 6. The molecule has 0 saturated carbocycles. The lowest BCUT2D eigenvalue weighted by Crippen LogP contribution is -2.38. The van der Waals surface area contributed by atoms with E-state index in [4.69, 9.17) is 14.0 Å². The van der Waals surface area contributed by atoms with Crippen LogP contribution in [0.3, 0.4) is 0 Å². The molecule has 1 aromatic heterocycles. The van der Waals surface area contributed by atoms with Crippen molar-refractivity contribution in [2.45, 2.75) is 52.1 Å². The lowest BCUT2D eigenvalue weighted by atomic mass is 10.2. The Labute approximate surface area is 149 Å². The maximum Gasteiger partial charge on any atom is 0.226 e. The van der Waals surface area contributed by atoms with Gasteiger partial charge in [0.05, 0.1) is 12.7 Å². The van der Waals surface area contributed by atoms with Gasteiger partial charge in [-0.3, -0.25) is 4.99 Å². The minimum atomic E-state index is 0.300. The second kappa shape index (κ2) is 11.8. The van der Waals surface area contributed by atoms with Crippen molar-refractivity contribution >= 4 is 5.96 Å². The molecule has 8 nitrogen and oxygen atoms in total. The Hall–Kier alpha value is -1.67. The first-order valence-corrected chi connectivity index (χ1v) is 9.28. The molecule has 0 aliphatic carbocycles. The minimum Gasteiger partial charge on any atom is -0.379 e. The van der Waals surface area contributed by atoms with Crippen LogP contribution in [0.4, 0.5) is 0 Å². The van der Waals surface area contributed by atoms with Crippen LogP contribution in [0.1, 0.15) is 44.3 Å². The predicted octanol–water partition coefficient (Wildman–Crippen LogP) is 1.45. The van der Waals surface area contributed by atoms with Crippen LogP contribution >= 0.6 is 0 Å². The highest BCUT2D eigenvalue weighted by atomic mass is 16.5. The highest BCUT2D eigenvalue weighted by Crippen LogP contribution is 2.11. The molecule has 1 fully saturated rings. The van der Waals surface area contributed by atoms with Crippen molar-refractivity contribution in [3.8, 4) is 0 Å². The summed E-state index contributed by atoms with van der Waals surface area (Å²) in [5.74, 6) is 2.19. The van der Waals surface area contributed by atoms with Gasteiger partial charge < -0.3 is 24.6 Å². The maximum atomic E-state index is 5.66. The third kappa shape index (κ3) is 8.31. The van der Waals surface area contributed by atoms with Gasteiger partial charge in [-0.2, -0.15) is 4.98 Å². The standard InChI is InChI=1S/C17H31N5O3/c1-3-18-17(19-9-4-8-16-21-14(2)22-25-16)20-10-6-11-23-13-15-7-5-12-24-15/h15H,3-13H2,1-2H3,(H2,18,19,20). The number of guanidine groups is 1. The topological polar surface area (TPSA) is 93.8 Å². The summed E-state index contributed by atoms with van der Waals surface area (Å²) >= 11 is 0. The fraction of sp³-hybridized carbons (Fsp3) is 0.824. The molecule has 0 aromatic carbocycles. The molecule has 1 unspecified atom stereocenters. The van der Waals surface area contributed by atoms with Gasteiger partial charge in [0.15, 0.2) is 11.8 Å². The number of hydrogen-bond donors (Lipinski definition) is 2. The molecule has 1 atom stereocenters. The van der Waals surface area contributed by atoms with Gasteiger partial charge in [-0.05, 0) is 39.5 Å². The van der Waals surface area contributed by atoms with Gasteiger partial charge in [-0.25, -0.2) is 0 Å². The van der Waals surface area contributed by atoms with E-state index >= 15 is 0 Å². The molecule has 0 bridgehead atoms. The highest BCUT2D eigenvalue weighted by Gasteiger charge is 2.14. The molecule has 1 aliphatic rings. The molecule has 2 heterocycles. The van der Waals surface area contributed by atoms with Gasteiger partial charge in [-0.1, -0.05) is 5.16 Å². The van der Waals surface area contributed by atoms with Crippen LogP contribution in [-0.4, -0.2) is 61.7 Å². The van der Waals surface area contributed by atoms with E-state index in [9.17, 15) is 0 Å². The monoisotopic (exact) mass is 353 g/mol. The number of ether oxygens (including phenoxy) is 2. The quantitative estimate of drug-likeness (QED) is 0.353. The second-order valence-electron chi connectivity index (χ2n) is 6.09. The third-order valence-corrected chi connectivity index (χ3v) is 3.82. The zero-order chi connectivity index (χ0) is 17.7. The molecule has 0 spiro atoms. The van der Waals surface area contributed by atoms with Crippen LogP contribution < -0.4 is 10.6 Å². The van der Waals surface area contributed by atoms with E-state index in [0.29, 0.717) is 31.0 Å². The summed E-state index contributed by atoms with van der Waals surface area (Å²) < 4.78 is 16.3. The van der Waals surface area contributed by atoms with Crippen molar-refractivity contribution in [3.63, 3.8) is 0 Å². The summed E-state index contributed by atoms with van der Waals surface area (Å²) in [5.41, 5.74) is 0. The molecule has 2 rings (SSSR count).